The van der Waals surface area contributed by atoms with Gasteiger partial charge in [0.05, 0.1) is 10.7 Å². The molecule has 44 heavy (non-hydrogen) atoms. The molecular weight excluding hydrogens is 584 g/mol. The van der Waals surface area contributed by atoms with Crippen LogP contribution in [0.1, 0.15) is 96.2 Å². The molecule has 2 aromatic carbocycles. The number of unbranched alkanes of at least 4 members (excludes halogenated alkanes) is 5. The number of carbonyl (C=O) groups is 4. The molecule has 0 saturated carbocycles. The van der Waals surface area contributed by atoms with Crippen molar-refractivity contribution in [1.29, 1.82) is 0 Å². The van der Waals surface area contributed by atoms with Crippen LogP contribution >= 0.6 is 11.6 Å². The molecule has 4 amide bonds. The van der Waals surface area contributed by atoms with E-state index >= 15 is 0 Å². The standard InChI is InChI=1S/C33H47ClN4O6/c1-6-7-8-9-10-11-20-38(31(42)26(18-19-27(35)40)36-32(43)44-33(3,4)5)29(23-15-13-16-24(39)21-23)30(41)37-28-22(2)14-12-17-25(28)34/h12-17,21,26,29,39H,6-11,18-20H2,1-5H3,(H2,35,40)(H,36,43)(H,37,41). The lowest BCUT2D eigenvalue weighted by Gasteiger charge is -2.35. The molecule has 2 rings (SSSR count). The highest BCUT2D eigenvalue weighted by Gasteiger charge is 2.36. The number of ether oxygens (including phenoxy) is 1. The number of halogens is 1. The molecule has 10 nitrogen and oxygen atoms in total. The zero-order valence-electron chi connectivity index (χ0n) is 26.5. The van der Waals surface area contributed by atoms with E-state index in [2.05, 4.69) is 17.6 Å². The molecule has 0 radical (unpaired) electrons. The molecule has 0 aliphatic rings. The van der Waals surface area contributed by atoms with E-state index in [0.29, 0.717) is 22.7 Å². The van der Waals surface area contributed by atoms with Crippen molar-refractivity contribution in [1.82, 2.24) is 10.2 Å². The molecule has 0 aliphatic carbocycles. The van der Waals surface area contributed by atoms with Gasteiger partial charge in [-0.3, -0.25) is 14.4 Å². The third kappa shape index (κ3) is 12.1. The number of phenolic OH excluding ortho intramolecular Hbond substituents is 1. The second kappa shape index (κ2) is 17.5. The van der Waals surface area contributed by atoms with Gasteiger partial charge in [-0.25, -0.2) is 4.79 Å². The number of phenols is 1. The number of anilines is 1. The van der Waals surface area contributed by atoms with Crippen LogP contribution in [0.2, 0.25) is 5.02 Å². The highest BCUT2D eigenvalue weighted by molar-refractivity contribution is 6.34. The first-order chi connectivity index (χ1) is 20.7. The summed E-state index contributed by atoms with van der Waals surface area (Å²) in [7, 11) is 0. The van der Waals surface area contributed by atoms with Gasteiger partial charge >= 0.3 is 6.09 Å². The third-order valence-electron chi connectivity index (χ3n) is 6.92. The normalized spacial score (nSPS) is 12.6. The second-order valence-corrected chi connectivity index (χ2v) is 12.3. The van der Waals surface area contributed by atoms with Gasteiger partial charge in [-0.2, -0.15) is 0 Å². The van der Waals surface area contributed by atoms with Crippen molar-refractivity contribution >= 4 is 41.1 Å². The minimum absolute atomic E-state index is 0.0849. The van der Waals surface area contributed by atoms with Crippen LogP contribution < -0.4 is 16.4 Å². The number of nitrogens with two attached hydrogens (primary N) is 1. The van der Waals surface area contributed by atoms with Crippen LogP contribution in [0.15, 0.2) is 42.5 Å². The van der Waals surface area contributed by atoms with Gasteiger partial charge in [0.15, 0.2) is 0 Å². The molecule has 242 valence electrons. The van der Waals surface area contributed by atoms with E-state index in [9.17, 15) is 24.3 Å². The number of aryl methyl sites for hydroxylation is 1. The molecule has 0 aromatic heterocycles. The Bertz CT molecular complexity index is 1260. The number of alkyl carbamates (subject to hydrolysis) is 1. The molecule has 2 aromatic rings. The molecule has 2 atom stereocenters. The molecule has 0 aliphatic heterocycles. The van der Waals surface area contributed by atoms with Crippen molar-refractivity contribution < 1.29 is 29.0 Å². The largest absolute Gasteiger partial charge is 0.508 e. The lowest BCUT2D eigenvalue weighted by atomic mass is 10.00. The Balaban J connectivity index is 2.57. The first kappa shape index (κ1) is 36.4. The molecule has 0 fully saturated rings. The maximum Gasteiger partial charge on any atom is 0.408 e. The summed E-state index contributed by atoms with van der Waals surface area (Å²) in [6.45, 7) is 9.17. The zero-order chi connectivity index (χ0) is 32.9. The molecular formula is C33H47ClN4O6. The van der Waals surface area contributed by atoms with Crippen molar-refractivity contribution in [3.63, 3.8) is 0 Å². The SMILES string of the molecule is CCCCCCCCN(C(=O)C(CCC(N)=O)NC(=O)OC(C)(C)C)C(C(=O)Nc1c(C)cccc1Cl)c1cccc(O)c1. The monoisotopic (exact) mass is 630 g/mol. The lowest BCUT2D eigenvalue weighted by Crippen LogP contribution is -2.52. The average Bonchev–Trinajstić information content (AvgIpc) is 2.92. The average molecular weight is 631 g/mol. The topological polar surface area (TPSA) is 151 Å². The van der Waals surface area contributed by atoms with Gasteiger partial charge in [0, 0.05) is 13.0 Å². The number of nitrogens with one attached hydrogen (secondary N) is 2. The number of carbonyl (C=O) groups excluding carboxylic acids is 4. The van der Waals surface area contributed by atoms with E-state index in [1.807, 2.05) is 0 Å². The van der Waals surface area contributed by atoms with Crippen LogP contribution in [-0.4, -0.2) is 52.0 Å². The van der Waals surface area contributed by atoms with Gasteiger partial charge in [-0.15, -0.1) is 0 Å². The molecule has 0 saturated heterocycles. The number of para-hydroxylation sites is 1. The van der Waals surface area contributed by atoms with Crippen LogP contribution in [0, 0.1) is 6.92 Å². The number of aromatic hydroxyl groups is 1. The van der Waals surface area contributed by atoms with Crippen LogP contribution in [0.25, 0.3) is 0 Å². The Hall–Kier alpha value is -3.79. The number of benzene rings is 2. The van der Waals surface area contributed by atoms with E-state index in [4.69, 9.17) is 22.1 Å². The second-order valence-electron chi connectivity index (χ2n) is 11.9. The minimum atomic E-state index is -1.22. The lowest BCUT2D eigenvalue weighted by molar-refractivity contribution is -0.141. The van der Waals surface area contributed by atoms with Crippen molar-refractivity contribution in [3.8, 4) is 5.75 Å². The number of rotatable bonds is 16. The molecule has 0 heterocycles. The van der Waals surface area contributed by atoms with Crippen LogP contribution in [-0.2, 0) is 19.1 Å². The number of hydrogen-bond acceptors (Lipinski definition) is 6. The zero-order valence-corrected chi connectivity index (χ0v) is 27.2. The van der Waals surface area contributed by atoms with E-state index in [0.717, 1.165) is 37.7 Å². The summed E-state index contributed by atoms with van der Waals surface area (Å²) in [5.74, 6) is -1.88. The summed E-state index contributed by atoms with van der Waals surface area (Å²) < 4.78 is 5.39. The van der Waals surface area contributed by atoms with E-state index < -0.39 is 41.5 Å². The van der Waals surface area contributed by atoms with Gasteiger partial charge in [0.25, 0.3) is 5.91 Å². The van der Waals surface area contributed by atoms with Crippen molar-refractivity contribution in [2.24, 2.45) is 5.73 Å². The van der Waals surface area contributed by atoms with Crippen LogP contribution in [0.5, 0.6) is 5.75 Å². The van der Waals surface area contributed by atoms with E-state index in [1.54, 1.807) is 58.0 Å². The van der Waals surface area contributed by atoms with Crippen molar-refractivity contribution in [2.45, 2.75) is 104 Å². The van der Waals surface area contributed by atoms with Gasteiger partial charge in [0.1, 0.15) is 23.4 Å². The molecule has 5 N–H and O–H groups in total. The maximum atomic E-state index is 14.3. The quantitative estimate of drug-likeness (QED) is 0.158. The summed E-state index contributed by atoms with van der Waals surface area (Å²) in [5, 5.41) is 16.1. The van der Waals surface area contributed by atoms with Gasteiger partial charge in [0.2, 0.25) is 11.8 Å². The predicted molar refractivity (Wildman–Crippen MR) is 172 cm³/mol. The summed E-state index contributed by atoms with van der Waals surface area (Å²) >= 11 is 6.43. The smallest absolute Gasteiger partial charge is 0.408 e. The Labute approximate surface area is 265 Å². The highest BCUT2D eigenvalue weighted by atomic mass is 35.5. The Morgan fingerprint density at radius 1 is 1.02 bits per heavy atom. The van der Waals surface area contributed by atoms with E-state index in [-0.39, 0.29) is 25.1 Å². The Kier molecular flexibility index (Phi) is 14.5. The van der Waals surface area contributed by atoms with Gasteiger partial charge in [-0.1, -0.05) is 74.9 Å². The van der Waals surface area contributed by atoms with Crippen molar-refractivity contribution in [2.75, 3.05) is 11.9 Å². The number of nitrogens with zero attached hydrogens (tertiary/aromatic N) is 1. The molecule has 2 unspecified atom stereocenters. The van der Waals surface area contributed by atoms with Gasteiger partial charge in [-0.05, 0) is 69.9 Å². The number of primary amides is 1. The van der Waals surface area contributed by atoms with E-state index in [1.165, 1.54) is 17.0 Å². The van der Waals surface area contributed by atoms with Gasteiger partial charge < -0.3 is 31.1 Å². The third-order valence-corrected chi connectivity index (χ3v) is 7.24. The minimum Gasteiger partial charge on any atom is -0.508 e. The summed E-state index contributed by atoms with van der Waals surface area (Å²) in [6.07, 6.45) is 4.47. The fourth-order valence-corrected chi connectivity index (χ4v) is 5.04. The fourth-order valence-electron chi connectivity index (χ4n) is 4.77. The maximum absolute atomic E-state index is 14.3. The van der Waals surface area contributed by atoms with Crippen LogP contribution in [0.4, 0.5) is 10.5 Å². The highest BCUT2D eigenvalue weighted by Crippen LogP contribution is 2.31. The number of hydrogen-bond donors (Lipinski definition) is 4. The van der Waals surface area contributed by atoms with Crippen LogP contribution in [0.3, 0.4) is 0 Å². The fraction of sp³-hybridized carbons (Fsp3) is 0.515. The number of amides is 4. The Morgan fingerprint density at radius 2 is 1.68 bits per heavy atom. The first-order valence-electron chi connectivity index (χ1n) is 15.2. The summed E-state index contributed by atoms with van der Waals surface area (Å²) in [4.78, 5) is 54.4. The summed E-state index contributed by atoms with van der Waals surface area (Å²) in [6, 6.07) is 8.91. The predicted octanol–water partition coefficient (Wildman–Crippen LogP) is 6.38. The Morgan fingerprint density at radius 3 is 2.30 bits per heavy atom. The van der Waals surface area contributed by atoms with Crippen molar-refractivity contribution in [3.05, 3.63) is 58.6 Å². The molecule has 0 bridgehead atoms. The molecule has 0 spiro atoms. The summed E-state index contributed by atoms with van der Waals surface area (Å²) in [5.41, 5.74) is 6.05. The first-order valence-corrected chi connectivity index (χ1v) is 15.5. The molecule has 11 heteroatoms.